The van der Waals surface area contributed by atoms with E-state index in [0.29, 0.717) is 17.3 Å². The maximum atomic E-state index is 13.7. The first-order valence-corrected chi connectivity index (χ1v) is 8.54. The van der Waals surface area contributed by atoms with Gasteiger partial charge in [-0.3, -0.25) is 4.57 Å². The second-order valence-corrected chi connectivity index (χ2v) is 6.62. The Labute approximate surface area is 155 Å². The molecule has 3 rings (SSSR count). The van der Waals surface area contributed by atoms with Crippen molar-refractivity contribution < 1.29 is 18.6 Å². The van der Waals surface area contributed by atoms with E-state index in [4.69, 9.17) is 4.74 Å². The van der Waals surface area contributed by atoms with Gasteiger partial charge in [0.2, 0.25) is 11.8 Å². The van der Waals surface area contributed by atoms with Crippen molar-refractivity contribution in [3.05, 3.63) is 36.2 Å². The van der Waals surface area contributed by atoms with E-state index in [9.17, 15) is 13.9 Å². The summed E-state index contributed by atoms with van der Waals surface area (Å²) in [7, 11) is 1.47. The van der Waals surface area contributed by atoms with Crippen LogP contribution in [0.3, 0.4) is 0 Å². The van der Waals surface area contributed by atoms with Gasteiger partial charge in [0.1, 0.15) is 12.1 Å². The lowest BCUT2D eigenvalue weighted by Gasteiger charge is -2.19. The molecule has 0 amide bonds. The number of aromatic nitrogens is 4. The van der Waals surface area contributed by atoms with Crippen LogP contribution in [0.2, 0.25) is 0 Å². The molecule has 1 unspecified atom stereocenters. The van der Waals surface area contributed by atoms with Gasteiger partial charge >= 0.3 is 0 Å². The lowest BCUT2D eigenvalue weighted by molar-refractivity contribution is 0.259. The highest BCUT2D eigenvalue weighted by Gasteiger charge is 2.16. The number of hydrogen-bond acceptors (Lipinski definition) is 6. The number of aliphatic hydroxyl groups is 1. The molecule has 0 spiro atoms. The largest absolute Gasteiger partial charge is 0.481 e. The Morgan fingerprint density at radius 1 is 1.19 bits per heavy atom. The third-order valence-corrected chi connectivity index (χ3v) is 4.03. The predicted molar refractivity (Wildman–Crippen MR) is 97.1 cm³/mol. The molecular weight excluding hydrogens is 356 g/mol. The molecule has 0 bridgehead atoms. The molecule has 7 nitrogen and oxygen atoms in total. The Bertz CT molecular complexity index is 945. The Hall–Kier alpha value is -2.81. The Balaban J connectivity index is 2.02. The van der Waals surface area contributed by atoms with Crippen molar-refractivity contribution in [3.63, 3.8) is 0 Å². The van der Waals surface area contributed by atoms with E-state index in [0.717, 1.165) is 18.6 Å². The fourth-order valence-corrected chi connectivity index (χ4v) is 2.82. The van der Waals surface area contributed by atoms with Crippen molar-refractivity contribution in [3.8, 4) is 11.8 Å². The Morgan fingerprint density at radius 2 is 1.93 bits per heavy atom. The molecule has 2 N–H and O–H groups in total. The number of benzene rings is 1. The molecule has 0 aliphatic rings. The summed E-state index contributed by atoms with van der Waals surface area (Å²) in [6.45, 7) is 4.06. The van der Waals surface area contributed by atoms with Gasteiger partial charge in [-0.25, -0.2) is 13.8 Å². The first-order chi connectivity index (χ1) is 12.9. The van der Waals surface area contributed by atoms with Gasteiger partial charge < -0.3 is 15.2 Å². The highest BCUT2D eigenvalue weighted by molar-refractivity contribution is 5.77. The van der Waals surface area contributed by atoms with E-state index in [-0.39, 0.29) is 30.0 Å². The summed E-state index contributed by atoms with van der Waals surface area (Å²) >= 11 is 0. The molecule has 0 fully saturated rings. The summed E-state index contributed by atoms with van der Waals surface area (Å²) in [5.41, 5.74) is 0.608. The summed E-state index contributed by atoms with van der Waals surface area (Å²) in [4.78, 5) is 12.7. The van der Waals surface area contributed by atoms with Gasteiger partial charge in [-0.05, 0) is 12.3 Å². The monoisotopic (exact) mass is 377 g/mol. The van der Waals surface area contributed by atoms with Crippen molar-refractivity contribution in [1.29, 1.82) is 0 Å². The number of nitrogens with one attached hydrogen (secondary N) is 1. The average molecular weight is 377 g/mol. The standard InChI is InChI=1S/C18H21F2N5O2/c1-10(2)4-11(8-26)22-16-7-17(27-3)24-18(23-16)25-9-21-14-5-12(19)13(20)6-15(14)25/h5-7,9-11,26H,4,8H2,1-3H3,(H,22,23,24). The maximum Gasteiger partial charge on any atom is 0.240 e. The lowest BCUT2D eigenvalue weighted by atomic mass is 10.0. The smallest absolute Gasteiger partial charge is 0.240 e. The van der Waals surface area contributed by atoms with Crippen LogP contribution < -0.4 is 10.1 Å². The zero-order chi connectivity index (χ0) is 19.6. The average Bonchev–Trinajstić information content (AvgIpc) is 3.03. The molecular formula is C18H21F2N5O2. The number of rotatable bonds is 7. The summed E-state index contributed by atoms with van der Waals surface area (Å²) in [5.74, 6) is -0.655. The molecule has 27 heavy (non-hydrogen) atoms. The van der Waals surface area contributed by atoms with Gasteiger partial charge in [0.25, 0.3) is 0 Å². The molecule has 3 aromatic rings. The molecule has 2 heterocycles. The van der Waals surface area contributed by atoms with E-state index < -0.39 is 11.6 Å². The minimum atomic E-state index is -0.984. The normalized spacial score (nSPS) is 12.6. The number of halogens is 2. The zero-order valence-electron chi connectivity index (χ0n) is 15.3. The Morgan fingerprint density at radius 3 is 2.59 bits per heavy atom. The second kappa shape index (κ2) is 7.83. The van der Waals surface area contributed by atoms with Crippen LogP contribution in [-0.2, 0) is 0 Å². The number of anilines is 1. The number of fused-ring (bicyclic) bond motifs is 1. The molecule has 0 saturated carbocycles. The summed E-state index contributed by atoms with van der Waals surface area (Å²) < 4.78 is 33.8. The van der Waals surface area contributed by atoms with E-state index >= 15 is 0 Å². The molecule has 144 valence electrons. The molecule has 1 atom stereocenters. The van der Waals surface area contributed by atoms with Crippen molar-refractivity contribution in [2.24, 2.45) is 5.92 Å². The van der Waals surface area contributed by atoms with Crippen molar-refractivity contribution in [2.45, 2.75) is 26.3 Å². The molecule has 1 aromatic carbocycles. The van der Waals surface area contributed by atoms with Crippen LogP contribution in [0.25, 0.3) is 17.0 Å². The van der Waals surface area contributed by atoms with E-state index in [1.54, 1.807) is 6.07 Å². The van der Waals surface area contributed by atoms with Crippen molar-refractivity contribution in [2.75, 3.05) is 19.0 Å². The van der Waals surface area contributed by atoms with Gasteiger partial charge in [0.15, 0.2) is 11.6 Å². The van der Waals surface area contributed by atoms with Crippen LogP contribution in [0.1, 0.15) is 20.3 Å². The molecule has 0 radical (unpaired) electrons. The minimum Gasteiger partial charge on any atom is -0.481 e. The van der Waals surface area contributed by atoms with Gasteiger partial charge in [0.05, 0.1) is 30.8 Å². The second-order valence-electron chi connectivity index (χ2n) is 6.62. The quantitative estimate of drug-likeness (QED) is 0.659. The first-order valence-electron chi connectivity index (χ1n) is 8.54. The first kappa shape index (κ1) is 19.0. The van der Waals surface area contributed by atoms with Crippen LogP contribution in [0.4, 0.5) is 14.6 Å². The minimum absolute atomic E-state index is 0.0572. The van der Waals surface area contributed by atoms with Crippen LogP contribution in [-0.4, -0.2) is 44.4 Å². The van der Waals surface area contributed by atoms with Gasteiger partial charge in [-0.2, -0.15) is 9.97 Å². The summed E-state index contributed by atoms with van der Waals surface area (Å²) in [6, 6.07) is 3.48. The van der Waals surface area contributed by atoms with Crippen LogP contribution >= 0.6 is 0 Å². The molecule has 0 aliphatic carbocycles. The van der Waals surface area contributed by atoms with E-state index in [1.807, 2.05) is 0 Å². The van der Waals surface area contributed by atoms with Crippen LogP contribution in [0, 0.1) is 17.6 Å². The number of methoxy groups -OCH3 is 1. The lowest BCUT2D eigenvalue weighted by Crippen LogP contribution is -2.26. The fourth-order valence-electron chi connectivity index (χ4n) is 2.82. The number of imidazole rings is 1. The number of aliphatic hydroxyl groups excluding tert-OH is 1. The maximum absolute atomic E-state index is 13.7. The molecule has 2 aromatic heterocycles. The zero-order valence-corrected chi connectivity index (χ0v) is 15.3. The number of hydrogen-bond donors (Lipinski definition) is 2. The summed E-state index contributed by atoms with van der Waals surface area (Å²) in [6.07, 6.45) is 2.14. The Kier molecular flexibility index (Phi) is 5.50. The predicted octanol–water partition coefficient (Wildman–Crippen LogP) is 2.92. The topological polar surface area (TPSA) is 85.1 Å². The SMILES string of the molecule is COc1cc(NC(CO)CC(C)C)nc(-n2cnc3cc(F)c(F)cc32)n1. The van der Waals surface area contributed by atoms with Gasteiger partial charge in [-0.1, -0.05) is 13.8 Å². The molecule has 0 saturated heterocycles. The third kappa shape index (κ3) is 4.13. The van der Waals surface area contributed by atoms with E-state index in [2.05, 4.69) is 34.1 Å². The molecule has 9 heteroatoms. The fraction of sp³-hybridized carbons (Fsp3) is 0.389. The van der Waals surface area contributed by atoms with Gasteiger partial charge in [-0.15, -0.1) is 0 Å². The highest BCUT2D eigenvalue weighted by atomic mass is 19.2. The van der Waals surface area contributed by atoms with Crippen molar-refractivity contribution >= 4 is 16.9 Å². The van der Waals surface area contributed by atoms with Crippen LogP contribution in [0.15, 0.2) is 24.5 Å². The summed E-state index contributed by atoms with van der Waals surface area (Å²) in [5, 5.41) is 12.7. The number of ether oxygens (including phenoxy) is 1. The van der Waals surface area contributed by atoms with Crippen molar-refractivity contribution in [1.82, 2.24) is 19.5 Å². The van der Waals surface area contributed by atoms with Crippen LogP contribution in [0.5, 0.6) is 5.88 Å². The highest BCUT2D eigenvalue weighted by Crippen LogP contribution is 2.23. The van der Waals surface area contributed by atoms with E-state index in [1.165, 1.54) is 18.0 Å². The van der Waals surface area contributed by atoms with Gasteiger partial charge in [0, 0.05) is 18.2 Å². The molecule has 0 aliphatic heterocycles. The third-order valence-electron chi connectivity index (χ3n) is 4.03. The number of nitrogens with zero attached hydrogens (tertiary/aromatic N) is 4.